The molecule has 1 saturated carbocycles. The number of nitrogens with zero attached hydrogens (tertiary/aromatic N) is 1. The highest BCUT2D eigenvalue weighted by Crippen LogP contribution is 2.28. The molecule has 0 spiro atoms. The Kier molecular flexibility index (Phi) is 10.2. The maximum atomic E-state index is 13.1. The SMILES string of the molecule is Cc1ccc(NC(=O)c2cccc3ccccc23)c(C(=O)NCC2CCCCC2)c1.Cc1ccc2nc(-c3cccc4ccccc34)oc(=O)c2c1. The van der Waals surface area contributed by atoms with Crippen LogP contribution >= 0.6 is 0 Å². The van der Waals surface area contributed by atoms with Gasteiger partial charge < -0.3 is 15.1 Å². The molecule has 7 nitrogen and oxygen atoms in total. The van der Waals surface area contributed by atoms with E-state index < -0.39 is 0 Å². The molecule has 1 aliphatic rings. The minimum Gasteiger partial charge on any atom is -0.403 e. The van der Waals surface area contributed by atoms with Crippen LogP contribution in [0.5, 0.6) is 0 Å². The molecule has 0 unspecified atom stereocenters. The van der Waals surface area contributed by atoms with E-state index in [1.807, 2.05) is 129 Å². The van der Waals surface area contributed by atoms with Crippen LogP contribution in [-0.2, 0) is 0 Å². The Morgan fingerprint density at radius 1 is 0.673 bits per heavy atom. The average molecular weight is 688 g/mol. The van der Waals surface area contributed by atoms with Crippen LogP contribution in [0.15, 0.2) is 131 Å². The molecule has 0 bridgehead atoms. The monoisotopic (exact) mass is 687 g/mol. The summed E-state index contributed by atoms with van der Waals surface area (Å²) in [5, 5.41) is 10.6. The third-order valence-electron chi connectivity index (χ3n) is 9.78. The van der Waals surface area contributed by atoms with Crippen molar-refractivity contribution in [2.24, 2.45) is 5.92 Å². The Bertz CT molecular complexity index is 2470. The van der Waals surface area contributed by atoms with Crippen molar-refractivity contribution in [2.45, 2.75) is 46.0 Å². The van der Waals surface area contributed by atoms with Crippen LogP contribution in [0.3, 0.4) is 0 Å². The summed E-state index contributed by atoms with van der Waals surface area (Å²) in [6.45, 7) is 4.59. The van der Waals surface area contributed by atoms with Crippen LogP contribution in [0.25, 0.3) is 43.9 Å². The molecule has 0 saturated heterocycles. The van der Waals surface area contributed by atoms with Crippen molar-refractivity contribution in [2.75, 3.05) is 11.9 Å². The van der Waals surface area contributed by atoms with Crippen molar-refractivity contribution in [3.05, 3.63) is 154 Å². The second kappa shape index (κ2) is 15.4. The van der Waals surface area contributed by atoms with Gasteiger partial charge in [-0.1, -0.05) is 115 Å². The summed E-state index contributed by atoms with van der Waals surface area (Å²) >= 11 is 0. The number of fused-ring (bicyclic) bond motifs is 3. The average Bonchev–Trinajstić information content (AvgIpc) is 3.18. The van der Waals surface area contributed by atoms with Crippen molar-refractivity contribution in [1.29, 1.82) is 0 Å². The summed E-state index contributed by atoms with van der Waals surface area (Å²) in [5.74, 6) is 0.578. The Labute approximate surface area is 302 Å². The van der Waals surface area contributed by atoms with Crippen LogP contribution in [-0.4, -0.2) is 23.3 Å². The molecule has 7 heteroatoms. The number of anilines is 1. The first-order valence-corrected chi connectivity index (χ1v) is 17.9. The van der Waals surface area contributed by atoms with Gasteiger partial charge in [0.15, 0.2) is 0 Å². The predicted molar refractivity (Wildman–Crippen MR) is 210 cm³/mol. The summed E-state index contributed by atoms with van der Waals surface area (Å²) in [4.78, 5) is 42.8. The molecule has 1 fully saturated rings. The quantitative estimate of drug-likeness (QED) is 0.181. The van der Waals surface area contributed by atoms with E-state index in [-0.39, 0.29) is 17.4 Å². The Morgan fingerprint density at radius 3 is 2.12 bits per heavy atom. The molecule has 0 atom stereocenters. The topological polar surface area (TPSA) is 101 Å². The number of aryl methyl sites for hydroxylation is 2. The molecule has 1 aromatic heterocycles. The molecule has 0 aliphatic heterocycles. The zero-order chi connectivity index (χ0) is 36.0. The molecular weight excluding hydrogens is 647 g/mol. The van der Waals surface area contributed by atoms with Gasteiger partial charge in [0.2, 0.25) is 5.89 Å². The zero-order valence-corrected chi connectivity index (χ0v) is 29.4. The number of carbonyl (C=O) groups is 2. The first-order valence-electron chi connectivity index (χ1n) is 17.9. The van der Waals surface area contributed by atoms with Crippen LogP contribution in [0.4, 0.5) is 5.69 Å². The van der Waals surface area contributed by atoms with E-state index in [1.54, 1.807) is 6.07 Å². The number of benzene rings is 6. The number of nitrogens with one attached hydrogen (secondary N) is 2. The summed E-state index contributed by atoms with van der Waals surface area (Å²) in [6, 6.07) is 38.6. The Hall–Kier alpha value is -6.08. The van der Waals surface area contributed by atoms with Crippen LogP contribution in [0, 0.1) is 19.8 Å². The fourth-order valence-corrected chi connectivity index (χ4v) is 7.00. The lowest BCUT2D eigenvalue weighted by Gasteiger charge is -2.22. The summed E-state index contributed by atoms with van der Waals surface area (Å²) < 4.78 is 5.47. The highest BCUT2D eigenvalue weighted by molar-refractivity contribution is 6.15. The zero-order valence-electron chi connectivity index (χ0n) is 29.4. The van der Waals surface area contributed by atoms with Crippen molar-refractivity contribution < 1.29 is 14.0 Å². The lowest BCUT2D eigenvalue weighted by molar-refractivity contribution is 0.0944. The van der Waals surface area contributed by atoms with Crippen molar-refractivity contribution in [3.63, 3.8) is 0 Å². The van der Waals surface area contributed by atoms with Gasteiger partial charge in [-0.15, -0.1) is 0 Å². The summed E-state index contributed by atoms with van der Waals surface area (Å²) in [5.41, 5.74) is 4.79. The van der Waals surface area contributed by atoms with Crippen molar-refractivity contribution in [3.8, 4) is 11.5 Å². The standard InChI is InChI=1S/C26H28N2O2.C19H13NO2/c1-18-14-15-24(23(16-18)25(29)27-17-19-8-3-2-4-9-19)28-26(30)22-13-7-11-20-10-5-6-12-21(20)22;1-12-9-10-17-16(11-12)19(21)22-18(20-17)15-8-4-6-13-5-2-3-7-14(13)15/h5-7,10-16,19H,2-4,8-9,17H2,1H3,(H,27,29)(H,28,30);2-11H,1H3. The number of carbonyl (C=O) groups excluding carboxylic acids is 2. The van der Waals surface area contributed by atoms with E-state index >= 15 is 0 Å². The number of hydrogen-bond acceptors (Lipinski definition) is 5. The van der Waals surface area contributed by atoms with Crippen LogP contribution in [0.2, 0.25) is 0 Å². The van der Waals surface area contributed by atoms with Crippen molar-refractivity contribution >= 4 is 49.9 Å². The van der Waals surface area contributed by atoms with E-state index in [0.717, 1.165) is 38.2 Å². The van der Waals surface area contributed by atoms with E-state index in [0.29, 0.717) is 46.1 Å². The van der Waals surface area contributed by atoms with Gasteiger partial charge in [0.25, 0.3) is 11.8 Å². The molecule has 7 aromatic rings. The van der Waals surface area contributed by atoms with Gasteiger partial charge >= 0.3 is 5.63 Å². The second-order valence-corrected chi connectivity index (χ2v) is 13.6. The van der Waals surface area contributed by atoms with Crippen LogP contribution < -0.4 is 16.3 Å². The fourth-order valence-electron chi connectivity index (χ4n) is 7.00. The van der Waals surface area contributed by atoms with Gasteiger partial charge in [-0.25, -0.2) is 9.78 Å². The highest BCUT2D eigenvalue weighted by Gasteiger charge is 2.19. The maximum Gasteiger partial charge on any atom is 0.347 e. The molecule has 8 rings (SSSR count). The first kappa shape index (κ1) is 34.4. The van der Waals surface area contributed by atoms with Gasteiger partial charge in [-0.3, -0.25) is 9.59 Å². The molecule has 2 amide bonds. The second-order valence-electron chi connectivity index (χ2n) is 13.6. The normalized spacial score (nSPS) is 13.0. The van der Waals surface area contributed by atoms with E-state index in [4.69, 9.17) is 4.42 Å². The molecule has 1 aliphatic carbocycles. The number of hydrogen-bond donors (Lipinski definition) is 2. The Balaban J connectivity index is 0.000000169. The fraction of sp³-hybridized carbons (Fsp3) is 0.200. The smallest absolute Gasteiger partial charge is 0.347 e. The Morgan fingerprint density at radius 2 is 1.33 bits per heavy atom. The van der Waals surface area contributed by atoms with Gasteiger partial charge in [-0.05, 0) is 90.6 Å². The largest absolute Gasteiger partial charge is 0.403 e. The number of rotatable bonds is 6. The molecule has 6 aromatic carbocycles. The van der Waals surface area contributed by atoms with Gasteiger partial charge in [0, 0.05) is 17.7 Å². The third kappa shape index (κ3) is 7.64. The predicted octanol–water partition coefficient (Wildman–Crippen LogP) is 10.0. The molecular formula is C45H41N3O4. The lowest BCUT2D eigenvalue weighted by atomic mass is 9.89. The molecule has 0 radical (unpaired) electrons. The minimum absolute atomic E-state index is 0.127. The van der Waals surface area contributed by atoms with E-state index in [9.17, 15) is 14.4 Å². The number of aromatic nitrogens is 1. The molecule has 2 N–H and O–H groups in total. The van der Waals surface area contributed by atoms with Gasteiger partial charge in [0.1, 0.15) is 0 Å². The lowest BCUT2D eigenvalue weighted by Crippen LogP contribution is -2.31. The van der Waals surface area contributed by atoms with Crippen LogP contribution in [0.1, 0.15) is 63.9 Å². The highest BCUT2D eigenvalue weighted by atomic mass is 16.4. The van der Waals surface area contributed by atoms with Crippen molar-refractivity contribution in [1.82, 2.24) is 10.3 Å². The van der Waals surface area contributed by atoms with E-state index in [2.05, 4.69) is 15.6 Å². The van der Waals surface area contributed by atoms with Gasteiger partial charge in [-0.2, -0.15) is 0 Å². The summed E-state index contributed by atoms with van der Waals surface area (Å²) in [7, 11) is 0. The third-order valence-corrected chi connectivity index (χ3v) is 9.78. The molecule has 52 heavy (non-hydrogen) atoms. The van der Waals surface area contributed by atoms with E-state index in [1.165, 1.54) is 32.1 Å². The molecule has 260 valence electrons. The number of amides is 2. The molecule has 1 heterocycles. The summed E-state index contributed by atoms with van der Waals surface area (Å²) in [6.07, 6.45) is 6.15. The first-order chi connectivity index (χ1) is 25.3. The van der Waals surface area contributed by atoms with Gasteiger partial charge in [0.05, 0.1) is 22.2 Å². The minimum atomic E-state index is -0.350. The maximum absolute atomic E-state index is 13.1.